The van der Waals surface area contributed by atoms with Crippen molar-refractivity contribution in [3.63, 3.8) is 0 Å². The zero-order valence-electron chi connectivity index (χ0n) is 11.6. The number of nitrogens with one attached hydrogen (secondary N) is 2. The second-order valence-corrected chi connectivity index (χ2v) is 5.03. The molecule has 5 nitrogen and oxygen atoms in total. The molecule has 0 unspecified atom stereocenters. The topological polar surface area (TPSA) is 63.2 Å². The van der Waals surface area contributed by atoms with Crippen molar-refractivity contribution >= 4 is 5.91 Å². The molecule has 1 saturated heterocycles. The summed E-state index contributed by atoms with van der Waals surface area (Å²) >= 11 is 0. The minimum absolute atomic E-state index is 0.166. The molecule has 1 amide bonds. The summed E-state index contributed by atoms with van der Waals surface area (Å²) in [5.74, 6) is 1.69. The zero-order valence-corrected chi connectivity index (χ0v) is 11.6. The molecular weight excluding hydrogens is 266 g/mol. The first-order valence-corrected chi connectivity index (χ1v) is 6.99. The Morgan fingerprint density at radius 1 is 1.24 bits per heavy atom. The van der Waals surface area contributed by atoms with Gasteiger partial charge in [0.2, 0.25) is 0 Å². The molecule has 21 heavy (non-hydrogen) atoms. The first kappa shape index (κ1) is 13.6. The molecule has 1 aromatic carbocycles. The minimum atomic E-state index is -0.166. The standard InChI is InChI=1S/C16H17N3O2/c20-16(19-11-12-9-17-10-12)15-8-14(6-7-18-15)21-13-4-2-1-3-5-13/h1-8,12,17H,9-11H2,(H,19,20). The Balaban J connectivity index is 1.63. The first-order valence-electron chi connectivity index (χ1n) is 6.99. The maximum absolute atomic E-state index is 12.0. The summed E-state index contributed by atoms with van der Waals surface area (Å²) in [5.41, 5.74) is 0.371. The van der Waals surface area contributed by atoms with Crippen LogP contribution in [0.15, 0.2) is 48.7 Å². The Morgan fingerprint density at radius 3 is 2.76 bits per heavy atom. The summed E-state index contributed by atoms with van der Waals surface area (Å²) in [5, 5.41) is 6.07. The summed E-state index contributed by atoms with van der Waals surface area (Å²) in [4.78, 5) is 16.1. The van der Waals surface area contributed by atoms with Crippen LogP contribution >= 0.6 is 0 Å². The van der Waals surface area contributed by atoms with Crippen LogP contribution in [0.4, 0.5) is 0 Å². The lowest BCUT2D eigenvalue weighted by atomic mass is 10.0. The van der Waals surface area contributed by atoms with Gasteiger partial charge in [0.15, 0.2) is 0 Å². The lowest BCUT2D eigenvalue weighted by molar-refractivity contribution is 0.0937. The van der Waals surface area contributed by atoms with Crippen LogP contribution in [-0.4, -0.2) is 30.5 Å². The number of carbonyl (C=O) groups excluding carboxylic acids is 1. The number of hydrogen-bond acceptors (Lipinski definition) is 4. The predicted octanol–water partition coefficient (Wildman–Crippen LogP) is 1.82. The molecule has 5 heteroatoms. The zero-order chi connectivity index (χ0) is 14.5. The molecule has 0 aliphatic carbocycles. The largest absolute Gasteiger partial charge is 0.457 e. The number of nitrogens with zero attached hydrogens (tertiary/aromatic N) is 1. The Morgan fingerprint density at radius 2 is 2.05 bits per heavy atom. The van der Waals surface area contributed by atoms with Crippen LogP contribution in [0.3, 0.4) is 0 Å². The third-order valence-electron chi connectivity index (χ3n) is 3.36. The number of aromatic nitrogens is 1. The van der Waals surface area contributed by atoms with Gasteiger partial charge < -0.3 is 15.4 Å². The summed E-state index contributed by atoms with van der Waals surface area (Å²) in [6.45, 7) is 2.60. The smallest absolute Gasteiger partial charge is 0.270 e. The number of para-hydroxylation sites is 1. The van der Waals surface area contributed by atoms with E-state index in [4.69, 9.17) is 4.74 Å². The van der Waals surface area contributed by atoms with E-state index in [0.29, 0.717) is 23.9 Å². The van der Waals surface area contributed by atoms with Gasteiger partial charge >= 0.3 is 0 Å². The third kappa shape index (κ3) is 3.58. The third-order valence-corrected chi connectivity index (χ3v) is 3.36. The molecule has 2 N–H and O–H groups in total. The Labute approximate surface area is 123 Å². The van der Waals surface area contributed by atoms with Crippen LogP contribution in [-0.2, 0) is 0 Å². The van der Waals surface area contributed by atoms with E-state index >= 15 is 0 Å². The lowest BCUT2D eigenvalue weighted by Gasteiger charge is -2.26. The Kier molecular flexibility index (Phi) is 4.12. The van der Waals surface area contributed by atoms with Crippen LogP contribution in [0.5, 0.6) is 11.5 Å². The molecule has 0 spiro atoms. The van der Waals surface area contributed by atoms with E-state index in [-0.39, 0.29) is 5.91 Å². The highest BCUT2D eigenvalue weighted by Gasteiger charge is 2.18. The van der Waals surface area contributed by atoms with Gasteiger partial charge in [-0.3, -0.25) is 9.78 Å². The maximum atomic E-state index is 12.0. The highest BCUT2D eigenvalue weighted by Crippen LogP contribution is 2.20. The molecular formula is C16H17N3O2. The number of rotatable bonds is 5. The first-order chi connectivity index (χ1) is 10.3. The highest BCUT2D eigenvalue weighted by atomic mass is 16.5. The van der Waals surface area contributed by atoms with Gasteiger partial charge in [-0.1, -0.05) is 18.2 Å². The highest BCUT2D eigenvalue weighted by molar-refractivity contribution is 5.92. The molecule has 1 aromatic heterocycles. The van der Waals surface area contributed by atoms with Gasteiger partial charge in [-0.25, -0.2) is 0 Å². The second kappa shape index (κ2) is 6.37. The van der Waals surface area contributed by atoms with Gasteiger partial charge in [-0.2, -0.15) is 0 Å². The summed E-state index contributed by atoms with van der Waals surface area (Å²) in [6.07, 6.45) is 1.58. The van der Waals surface area contributed by atoms with Crippen molar-refractivity contribution in [2.45, 2.75) is 0 Å². The van der Waals surface area contributed by atoms with Gasteiger partial charge in [0.05, 0.1) is 0 Å². The number of hydrogen-bond donors (Lipinski definition) is 2. The fourth-order valence-electron chi connectivity index (χ4n) is 2.04. The van der Waals surface area contributed by atoms with Crippen molar-refractivity contribution in [1.29, 1.82) is 0 Å². The maximum Gasteiger partial charge on any atom is 0.270 e. The molecule has 0 bridgehead atoms. The fraction of sp³-hybridized carbons (Fsp3) is 0.250. The van der Waals surface area contributed by atoms with E-state index < -0.39 is 0 Å². The fourth-order valence-corrected chi connectivity index (χ4v) is 2.04. The van der Waals surface area contributed by atoms with Crippen LogP contribution in [0.2, 0.25) is 0 Å². The number of carbonyl (C=O) groups is 1. The molecule has 108 valence electrons. The normalized spacial score (nSPS) is 14.3. The average Bonchev–Trinajstić information content (AvgIpc) is 2.47. The van der Waals surface area contributed by atoms with Crippen LogP contribution in [0.1, 0.15) is 10.5 Å². The molecule has 1 aliphatic heterocycles. The number of benzene rings is 1. The van der Waals surface area contributed by atoms with Gasteiger partial charge in [0.25, 0.3) is 5.91 Å². The molecule has 1 fully saturated rings. The lowest BCUT2D eigenvalue weighted by Crippen LogP contribution is -2.48. The van der Waals surface area contributed by atoms with E-state index in [1.807, 2.05) is 30.3 Å². The van der Waals surface area contributed by atoms with Gasteiger partial charge in [0.1, 0.15) is 17.2 Å². The number of amides is 1. The van der Waals surface area contributed by atoms with Crippen molar-refractivity contribution in [2.75, 3.05) is 19.6 Å². The van der Waals surface area contributed by atoms with Crippen LogP contribution in [0, 0.1) is 5.92 Å². The van der Waals surface area contributed by atoms with Crippen molar-refractivity contribution in [3.8, 4) is 11.5 Å². The molecule has 3 rings (SSSR count). The minimum Gasteiger partial charge on any atom is -0.457 e. The van der Waals surface area contributed by atoms with E-state index in [1.165, 1.54) is 0 Å². The molecule has 0 atom stereocenters. The van der Waals surface area contributed by atoms with Gasteiger partial charge in [-0.05, 0) is 18.2 Å². The summed E-state index contributed by atoms with van der Waals surface area (Å²) < 4.78 is 5.70. The van der Waals surface area contributed by atoms with Crippen molar-refractivity contribution in [2.24, 2.45) is 5.92 Å². The average molecular weight is 283 g/mol. The van der Waals surface area contributed by atoms with Crippen LogP contribution in [0.25, 0.3) is 0 Å². The van der Waals surface area contributed by atoms with Crippen molar-refractivity contribution in [3.05, 3.63) is 54.4 Å². The summed E-state index contributed by atoms with van der Waals surface area (Å²) in [7, 11) is 0. The van der Waals surface area contributed by atoms with Crippen LogP contribution < -0.4 is 15.4 Å². The number of ether oxygens (including phenoxy) is 1. The summed E-state index contributed by atoms with van der Waals surface area (Å²) in [6, 6.07) is 12.8. The van der Waals surface area contributed by atoms with Crippen molar-refractivity contribution in [1.82, 2.24) is 15.6 Å². The van der Waals surface area contributed by atoms with Crippen molar-refractivity contribution < 1.29 is 9.53 Å². The van der Waals surface area contributed by atoms with Gasteiger partial charge in [-0.15, -0.1) is 0 Å². The Hall–Kier alpha value is -2.40. The van der Waals surface area contributed by atoms with Gasteiger partial charge in [0, 0.05) is 37.8 Å². The quantitative estimate of drug-likeness (QED) is 0.878. The second-order valence-electron chi connectivity index (χ2n) is 5.03. The number of pyridine rings is 1. The SMILES string of the molecule is O=C(NCC1CNC1)c1cc(Oc2ccccc2)ccn1. The molecule has 2 heterocycles. The molecule has 0 saturated carbocycles. The molecule has 2 aromatic rings. The predicted molar refractivity (Wildman–Crippen MR) is 79.4 cm³/mol. The van der Waals surface area contributed by atoms with E-state index in [9.17, 15) is 4.79 Å². The van der Waals surface area contributed by atoms with E-state index in [1.54, 1.807) is 18.3 Å². The van der Waals surface area contributed by atoms with E-state index in [0.717, 1.165) is 18.8 Å². The monoisotopic (exact) mass is 283 g/mol. The van der Waals surface area contributed by atoms with E-state index in [2.05, 4.69) is 15.6 Å². The Bertz CT molecular complexity index is 612. The molecule has 0 radical (unpaired) electrons. The molecule has 1 aliphatic rings.